The van der Waals surface area contributed by atoms with Gasteiger partial charge in [-0.15, -0.1) is 0 Å². The summed E-state index contributed by atoms with van der Waals surface area (Å²) in [5, 5.41) is 0. The zero-order valence-corrected chi connectivity index (χ0v) is 44.4. The second kappa shape index (κ2) is 53.8. The average Bonchev–Trinajstić information content (AvgIpc) is 3.26. The van der Waals surface area contributed by atoms with Crippen LogP contribution in [0.3, 0.4) is 0 Å². The van der Waals surface area contributed by atoms with E-state index in [0.29, 0.717) is 0 Å². The number of hydrogen-bond donors (Lipinski definition) is 0. The van der Waals surface area contributed by atoms with Crippen LogP contribution < -0.4 is 0 Å². The molecule has 0 rings (SSSR count). The topological polar surface area (TPSA) is 0 Å². The van der Waals surface area contributed by atoms with Crippen LogP contribution in [0.4, 0.5) is 0 Å². The van der Waals surface area contributed by atoms with Gasteiger partial charge in [0, 0.05) is 0 Å². The van der Waals surface area contributed by atoms with Crippen molar-refractivity contribution < 1.29 is 0 Å². The molecule has 0 unspecified atom stereocenters. The molecule has 0 saturated heterocycles. The van der Waals surface area contributed by atoms with Crippen molar-refractivity contribution in [3.05, 3.63) is 0 Å². The molecule has 0 aromatic rings. The van der Waals surface area contributed by atoms with Gasteiger partial charge in [-0.25, -0.2) is 0 Å². The SMILES string of the molecule is CCCCCCCCCCCCCCCCC[PH](CCCCCCCCCCCCCC)(CCCCCCCCCCCCCC)CCCCCCCCCCCCCC. The van der Waals surface area contributed by atoms with Crippen molar-refractivity contribution in [2.45, 2.75) is 355 Å². The molecule has 0 fully saturated rings. The third kappa shape index (κ3) is 47.9. The predicted octanol–water partition coefficient (Wildman–Crippen LogP) is 22.7. The van der Waals surface area contributed by atoms with E-state index < -0.39 is 7.26 Å². The first kappa shape index (κ1) is 60.4. The van der Waals surface area contributed by atoms with Gasteiger partial charge in [-0.1, -0.05) is 72.6 Å². The molecule has 0 aromatic carbocycles. The third-order valence-electron chi connectivity index (χ3n) is 15.0. The van der Waals surface area contributed by atoms with Crippen molar-refractivity contribution >= 4 is 7.26 Å². The van der Waals surface area contributed by atoms with Crippen LogP contribution in [0.2, 0.25) is 0 Å². The Balaban J connectivity index is 4.90. The van der Waals surface area contributed by atoms with Crippen molar-refractivity contribution in [2.24, 2.45) is 0 Å². The quantitative estimate of drug-likeness (QED) is 0.0422. The van der Waals surface area contributed by atoms with Crippen molar-refractivity contribution in [3.8, 4) is 0 Å². The first-order valence-corrected chi connectivity index (χ1v) is 32.6. The Morgan fingerprint density at radius 3 is 0.350 bits per heavy atom. The fourth-order valence-corrected chi connectivity index (χ4v) is 16.1. The monoisotopic (exact) mass is 863 g/mol. The van der Waals surface area contributed by atoms with Gasteiger partial charge in [0.1, 0.15) is 0 Å². The summed E-state index contributed by atoms with van der Waals surface area (Å²) in [4.78, 5) is 0. The summed E-state index contributed by atoms with van der Waals surface area (Å²) < 4.78 is 0. The second-order valence-electron chi connectivity index (χ2n) is 21.1. The zero-order chi connectivity index (χ0) is 43.4. The fraction of sp³-hybridized carbons (Fsp3) is 1.00. The van der Waals surface area contributed by atoms with Crippen LogP contribution in [0.15, 0.2) is 0 Å². The number of unbranched alkanes of at least 4 members (excludes halogenated alkanes) is 47. The van der Waals surface area contributed by atoms with Crippen molar-refractivity contribution in [1.82, 2.24) is 0 Å². The molecule has 0 spiro atoms. The molecule has 0 amide bonds. The van der Waals surface area contributed by atoms with E-state index in [1.165, 1.54) is 276 Å². The van der Waals surface area contributed by atoms with Crippen LogP contribution in [0.5, 0.6) is 0 Å². The van der Waals surface area contributed by atoms with Crippen molar-refractivity contribution in [2.75, 3.05) is 24.6 Å². The molecule has 364 valence electrons. The Bertz CT molecular complexity index is 660. The van der Waals surface area contributed by atoms with E-state index in [9.17, 15) is 0 Å². The molecule has 0 aliphatic carbocycles. The van der Waals surface area contributed by atoms with Crippen molar-refractivity contribution in [3.63, 3.8) is 0 Å². The molecular formula is C59H123P. The smallest absolute Gasteiger partial charge is 0.0654 e. The van der Waals surface area contributed by atoms with Crippen LogP contribution in [0.25, 0.3) is 0 Å². The average molecular weight is 864 g/mol. The Morgan fingerprint density at radius 1 is 0.133 bits per heavy atom. The summed E-state index contributed by atoms with van der Waals surface area (Å²) in [5.41, 5.74) is 0. The van der Waals surface area contributed by atoms with Gasteiger partial charge < -0.3 is 0 Å². The van der Waals surface area contributed by atoms with Crippen LogP contribution >= 0.6 is 7.26 Å². The molecule has 0 atom stereocenters. The van der Waals surface area contributed by atoms with Crippen LogP contribution in [0.1, 0.15) is 355 Å². The van der Waals surface area contributed by atoms with Gasteiger partial charge in [0.2, 0.25) is 0 Å². The summed E-state index contributed by atoms with van der Waals surface area (Å²) in [5.74, 6) is 0. The van der Waals surface area contributed by atoms with E-state index in [1.807, 2.05) is 0 Å². The molecule has 0 saturated carbocycles. The molecule has 1 heteroatoms. The van der Waals surface area contributed by atoms with E-state index in [4.69, 9.17) is 0 Å². The van der Waals surface area contributed by atoms with Crippen LogP contribution in [-0.4, -0.2) is 24.6 Å². The van der Waals surface area contributed by atoms with E-state index >= 15 is 0 Å². The minimum Gasteiger partial charge on any atom is -0.0654 e. The summed E-state index contributed by atoms with van der Waals surface area (Å²) in [6.45, 7) is 9.35. The summed E-state index contributed by atoms with van der Waals surface area (Å²) in [6, 6.07) is 0. The first-order valence-electron chi connectivity index (χ1n) is 29.7. The van der Waals surface area contributed by atoms with E-state index in [-0.39, 0.29) is 0 Å². The Kier molecular flexibility index (Phi) is 54.2. The molecule has 0 bridgehead atoms. The number of hydrogen-bond acceptors (Lipinski definition) is 0. The molecule has 60 heavy (non-hydrogen) atoms. The standard InChI is InChI=1S/C59H123P/c1-5-9-13-17-21-25-29-33-34-35-39-43-47-51-55-59-60(56-52-48-44-40-36-30-26-22-18-14-10-6-2,57-53-49-45-41-37-31-27-23-19-15-11-7-3)58-54-50-46-42-38-32-28-24-20-16-12-8-4/h60H,5-59H2,1-4H3. The van der Waals surface area contributed by atoms with Gasteiger partial charge in [-0.05, 0) is 0 Å². The number of rotatable bonds is 55. The maximum absolute atomic E-state index is 2.34. The van der Waals surface area contributed by atoms with Crippen molar-refractivity contribution in [1.29, 1.82) is 0 Å². The summed E-state index contributed by atoms with van der Waals surface area (Å²) >= 11 is 0. The molecule has 0 aromatic heterocycles. The van der Waals surface area contributed by atoms with E-state index in [2.05, 4.69) is 27.7 Å². The fourth-order valence-electron chi connectivity index (χ4n) is 10.6. The zero-order valence-electron chi connectivity index (χ0n) is 43.4. The Labute approximate surface area is 385 Å². The Morgan fingerprint density at radius 2 is 0.233 bits per heavy atom. The van der Waals surface area contributed by atoms with Crippen LogP contribution in [-0.2, 0) is 0 Å². The Hall–Kier alpha value is 0.430. The van der Waals surface area contributed by atoms with Gasteiger partial charge >= 0.3 is 314 Å². The molecule has 0 heterocycles. The molecule has 0 nitrogen and oxygen atoms in total. The summed E-state index contributed by atoms with van der Waals surface area (Å²) in [6.07, 6.45) is 83.0. The molecule has 0 aliphatic rings. The molecule has 0 radical (unpaired) electrons. The van der Waals surface area contributed by atoms with E-state index in [0.717, 1.165) is 0 Å². The normalized spacial score (nSPS) is 12.3. The van der Waals surface area contributed by atoms with Crippen LogP contribution in [0, 0.1) is 0 Å². The summed E-state index contributed by atoms with van der Waals surface area (Å²) in [7, 11) is -1.19. The minimum absolute atomic E-state index is 1.19. The molecular weight excluding hydrogens is 740 g/mol. The molecule has 0 N–H and O–H groups in total. The van der Waals surface area contributed by atoms with E-state index in [1.54, 1.807) is 76.0 Å². The predicted molar refractivity (Wildman–Crippen MR) is 286 cm³/mol. The maximum atomic E-state index is 2.34. The third-order valence-corrected chi connectivity index (χ3v) is 20.6. The molecule has 0 aliphatic heterocycles. The second-order valence-corrected chi connectivity index (χ2v) is 26.1. The van der Waals surface area contributed by atoms with Gasteiger partial charge in [-0.3, -0.25) is 0 Å². The van der Waals surface area contributed by atoms with Gasteiger partial charge in [0.25, 0.3) is 0 Å². The minimum atomic E-state index is -1.19. The van der Waals surface area contributed by atoms with Gasteiger partial charge in [0.15, 0.2) is 0 Å². The van der Waals surface area contributed by atoms with Gasteiger partial charge in [0.05, 0.1) is 0 Å². The van der Waals surface area contributed by atoms with Gasteiger partial charge in [-0.2, -0.15) is 0 Å². The first-order chi connectivity index (χ1) is 29.7.